The van der Waals surface area contributed by atoms with E-state index in [4.69, 9.17) is 10.5 Å². The molecule has 0 amide bonds. The molecule has 120 valence electrons. The molecular formula is C17H19N3O3. The van der Waals surface area contributed by atoms with E-state index in [0.29, 0.717) is 27.6 Å². The molecule has 0 aliphatic carbocycles. The zero-order valence-corrected chi connectivity index (χ0v) is 13.3. The molecule has 0 aliphatic rings. The number of aromatic hydroxyl groups is 1. The second-order valence-corrected chi connectivity index (χ2v) is 5.02. The van der Waals surface area contributed by atoms with E-state index in [2.05, 4.69) is 11.6 Å². The lowest BCUT2D eigenvalue weighted by atomic mass is 10.1. The van der Waals surface area contributed by atoms with Crippen molar-refractivity contribution in [1.29, 1.82) is 0 Å². The van der Waals surface area contributed by atoms with Crippen molar-refractivity contribution in [2.45, 2.75) is 6.92 Å². The first-order chi connectivity index (χ1) is 10.9. The van der Waals surface area contributed by atoms with E-state index in [0.717, 1.165) is 0 Å². The average molecular weight is 313 g/mol. The number of hydrogen-bond donors (Lipinski definition) is 2. The Labute approximate surface area is 133 Å². The van der Waals surface area contributed by atoms with Crippen LogP contribution >= 0.6 is 0 Å². The van der Waals surface area contributed by atoms with Crippen LogP contribution < -0.4 is 26.6 Å². The number of aromatic nitrogens is 2. The molecule has 0 atom stereocenters. The SMILES string of the molecule is C=c1/c(=C\C(=C/N)c2cccnc2OC)c(O)c(C)c(=O)n1C. The van der Waals surface area contributed by atoms with Crippen molar-refractivity contribution in [3.8, 4) is 11.6 Å². The maximum atomic E-state index is 12.0. The second kappa shape index (κ2) is 6.39. The Balaban J connectivity index is 2.80. The van der Waals surface area contributed by atoms with Crippen LogP contribution in [0.4, 0.5) is 0 Å². The Bertz CT molecular complexity index is 943. The van der Waals surface area contributed by atoms with Crippen LogP contribution in [0.1, 0.15) is 11.1 Å². The molecule has 6 nitrogen and oxygen atoms in total. The number of ether oxygens (including phenoxy) is 1. The van der Waals surface area contributed by atoms with Crippen LogP contribution in [0.15, 0.2) is 29.3 Å². The molecule has 0 radical (unpaired) electrons. The fourth-order valence-electron chi connectivity index (χ4n) is 2.29. The first-order valence-electron chi connectivity index (χ1n) is 6.92. The normalized spacial score (nSPS) is 12.5. The topological polar surface area (TPSA) is 90.4 Å². The molecule has 0 spiro atoms. The highest BCUT2D eigenvalue weighted by atomic mass is 16.5. The minimum absolute atomic E-state index is 0.111. The first kappa shape index (κ1) is 16.4. The van der Waals surface area contributed by atoms with E-state index < -0.39 is 0 Å². The van der Waals surface area contributed by atoms with Gasteiger partial charge in [0.2, 0.25) is 5.88 Å². The molecule has 23 heavy (non-hydrogen) atoms. The van der Waals surface area contributed by atoms with Gasteiger partial charge in [-0.05, 0) is 25.1 Å². The summed E-state index contributed by atoms with van der Waals surface area (Å²) in [5.74, 6) is 0.299. The van der Waals surface area contributed by atoms with Crippen LogP contribution in [-0.4, -0.2) is 21.8 Å². The molecule has 3 N–H and O–H groups in total. The van der Waals surface area contributed by atoms with Crippen molar-refractivity contribution in [2.24, 2.45) is 12.8 Å². The van der Waals surface area contributed by atoms with Crippen molar-refractivity contribution in [3.63, 3.8) is 0 Å². The molecule has 0 bridgehead atoms. The average Bonchev–Trinajstić information content (AvgIpc) is 2.58. The molecule has 2 aromatic heterocycles. The van der Waals surface area contributed by atoms with Crippen LogP contribution in [0.3, 0.4) is 0 Å². The lowest BCUT2D eigenvalue weighted by Gasteiger charge is -2.09. The first-order valence-corrected chi connectivity index (χ1v) is 6.92. The van der Waals surface area contributed by atoms with Crippen LogP contribution in [0, 0.1) is 6.92 Å². The lowest BCUT2D eigenvalue weighted by Crippen LogP contribution is -2.42. The van der Waals surface area contributed by atoms with Gasteiger partial charge < -0.3 is 20.1 Å². The predicted octanol–water partition coefficient (Wildman–Crippen LogP) is -0.00648. The molecule has 0 fully saturated rings. The van der Waals surface area contributed by atoms with E-state index in [1.807, 2.05) is 0 Å². The monoisotopic (exact) mass is 313 g/mol. The smallest absolute Gasteiger partial charge is 0.257 e. The maximum Gasteiger partial charge on any atom is 0.257 e. The Morgan fingerprint density at radius 3 is 2.83 bits per heavy atom. The molecule has 2 heterocycles. The van der Waals surface area contributed by atoms with Crippen LogP contribution in [0.25, 0.3) is 18.2 Å². The summed E-state index contributed by atoms with van der Waals surface area (Å²) in [4.78, 5) is 16.1. The molecule has 0 aliphatic heterocycles. The highest BCUT2D eigenvalue weighted by Crippen LogP contribution is 2.23. The van der Waals surface area contributed by atoms with Crippen molar-refractivity contribution >= 4 is 18.2 Å². The lowest BCUT2D eigenvalue weighted by molar-refractivity contribution is 0.396. The zero-order chi connectivity index (χ0) is 17.1. The summed E-state index contributed by atoms with van der Waals surface area (Å²) in [6.45, 7) is 5.42. The second-order valence-electron chi connectivity index (χ2n) is 5.02. The minimum atomic E-state index is -0.290. The van der Waals surface area contributed by atoms with Gasteiger partial charge in [-0.15, -0.1) is 0 Å². The van der Waals surface area contributed by atoms with Crippen molar-refractivity contribution in [2.75, 3.05) is 7.11 Å². The van der Waals surface area contributed by atoms with Gasteiger partial charge >= 0.3 is 0 Å². The van der Waals surface area contributed by atoms with Crippen LogP contribution in [-0.2, 0) is 7.05 Å². The largest absolute Gasteiger partial charge is 0.507 e. The number of pyridine rings is 2. The van der Waals surface area contributed by atoms with E-state index in [9.17, 15) is 9.90 Å². The van der Waals surface area contributed by atoms with Gasteiger partial charge in [0.15, 0.2) is 0 Å². The standard InChI is InChI=1S/C17H19N3O3/c1-10-15(21)14(11(2)20(3)17(10)22)8-12(9-18)13-6-5-7-19-16(13)23-4/h5-9,21H,2,18H2,1,3-4H3/b12-9+,14-8+. The summed E-state index contributed by atoms with van der Waals surface area (Å²) in [5.41, 5.74) is 6.96. The van der Waals surface area contributed by atoms with Crippen LogP contribution in [0.5, 0.6) is 11.6 Å². The number of rotatable bonds is 3. The fourth-order valence-corrected chi connectivity index (χ4v) is 2.29. The van der Waals surface area contributed by atoms with E-state index in [-0.39, 0.29) is 16.9 Å². The fraction of sp³-hybridized carbons (Fsp3) is 0.176. The van der Waals surface area contributed by atoms with Crippen molar-refractivity contribution < 1.29 is 9.84 Å². The highest BCUT2D eigenvalue weighted by Gasteiger charge is 2.11. The maximum absolute atomic E-state index is 12.0. The van der Waals surface area contributed by atoms with Gasteiger partial charge in [0.05, 0.1) is 12.7 Å². The molecule has 0 saturated heterocycles. The quantitative estimate of drug-likeness (QED) is 0.832. The summed E-state index contributed by atoms with van der Waals surface area (Å²) in [7, 11) is 3.12. The number of allylic oxidation sites excluding steroid dienone is 1. The summed E-state index contributed by atoms with van der Waals surface area (Å²) in [5, 5.41) is 11.1. The van der Waals surface area contributed by atoms with Gasteiger partial charge in [0.25, 0.3) is 5.56 Å². The number of methoxy groups -OCH3 is 1. The van der Waals surface area contributed by atoms with E-state index in [1.165, 1.54) is 17.9 Å². The van der Waals surface area contributed by atoms with Gasteiger partial charge in [-0.3, -0.25) is 4.79 Å². The predicted molar refractivity (Wildman–Crippen MR) is 90.3 cm³/mol. The van der Waals surface area contributed by atoms with Crippen molar-refractivity contribution in [1.82, 2.24) is 9.55 Å². The van der Waals surface area contributed by atoms with Gasteiger partial charge in [-0.1, -0.05) is 6.58 Å². The van der Waals surface area contributed by atoms with Gasteiger partial charge in [0, 0.05) is 41.1 Å². The number of nitrogens with zero attached hydrogens (tertiary/aromatic N) is 2. The third-order valence-electron chi connectivity index (χ3n) is 3.71. The third-order valence-corrected chi connectivity index (χ3v) is 3.71. The van der Waals surface area contributed by atoms with Gasteiger partial charge in [-0.25, -0.2) is 4.98 Å². The molecule has 0 saturated carbocycles. The summed E-state index contributed by atoms with van der Waals surface area (Å²) >= 11 is 0. The van der Waals surface area contributed by atoms with E-state index in [1.54, 1.807) is 38.4 Å². The summed E-state index contributed by atoms with van der Waals surface area (Å²) in [6, 6.07) is 3.56. The van der Waals surface area contributed by atoms with E-state index >= 15 is 0 Å². The molecule has 0 unspecified atom stereocenters. The molecular weight excluding hydrogens is 294 g/mol. The van der Waals surface area contributed by atoms with Gasteiger partial charge in [-0.2, -0.15) is 0 Å². The summed E-state index contributed by atoms with van der Waals surface area (Å²) in [6.07, 6.45) is 4.65. The van der Waals surface area contributed by atoms with Crippen LogP contribution in [0.2, 0.25) is 0 Å². The zero-order valence-electron chi connectivity index (χ0n) is 13.3. The molecule has 0 aromatic carbocycles. The number of hydrogen-bond acceptors (Lipinski definition) is 5. The Morgan fingerprint density at radius 1 is 1.52 bits per heavy atom. The Morgan fingerprint density at radius 2 is 2.22 bits per heavy atom. The van der Waals surface area contributed by atoms with Gasteiger partial charge in [0.1, 0.15) is 5.75 Å². The Hall–Kier alpha value is -3.02. The molecule has 2 aromatic rings. The number of nitrogens with two attached hydrogens (primary N) is 1. The Kier molecular flexibility index (Phi) is 4.55. The third kappa shape index (κ3) is 2.83. The minimum Gasteiger partial charge on any atom is -0.507 e. The summed E-state index contributed by atoms with van der Waals surface area (Å²) < 4.78 is 6.62. The molecule has 2 rings (SSSR count). The molecule has 6 heteroatoms. The highest BCUT2D eigenvalue weighted by molar-refractivity contribution is 5.90. The van der Waals surface area contributed by atoms with Crippen molar-refractivity contribution in [3.05, 3.63) is 56.6 Å².